The molecule has 0 aliphatic rings. The van der Waals surface area contributed by atoms with Crippen LogP contribution < -0.4 is 5.73 Å². The Labute approximate surface area is 120 Å². The van der Waals surface area contributed by atoms with Crippen molar-refractivity contribution in [3.05, 3.63) is 29.8 Å². The number of phenolic OH excluding ortho intramolecular Hbond substituents is 1. The highest BCUT2D eigenvalue weighted by Gasteiger charge is 2.18. The minimum absolute atomic E-state index is 0.106. The first-order valence-electron chi connectivity index (χ1n) is 6.80. The molecule has 0 saturated carbocycles. The Bertz CT molecular complexity index is 418. The molecule has 0 unspecified atom stereocenters. The third-order valence-corrected chi connectivity index (χ3v) is 2.96. The van der Waals surface area contributed by atoms with Gasteiger partial charge in [0.1, 0.15) is 5.75 Å². The molecule has 0 heterocycles. The van der Waals surface area contributed by atoms with Crippen LogP contribution in [0.2, 0.25) is 0 Å². The summed E-state index contributed by atoms with van der Waals surface area (Å²) >= 11 is 0. The predicted molar refractivity (Wildman–Crippen MR) is 78.5 cm³/mol. The normalized spacial score (nSPS) is 12.4. The second-order valence-corrected chi connectivity index (χ2v) is 5.16. The number of likely N-dealkylation sites (N-methyl/N-ethyl adjacent to an activating group) is 1. The zero-order valence-corrected chi connectivity index (χ0v) is 12.4. The summed E-state index contributed by atoms with van der Waals surface area (Å²) in [5, 5.41) is 9.21. The minimum Gasteiger partial charge on any atom is -0.508 e. The van der Waals surface area contributed by atoms with E-state index >= 15 is 0 Å². The Hall–Kier alpha value is -1.59. The standard InChI is InChI=1S/C15H24N2O3/c1-11(2)20-9-8-17(3)15(19)14(16)10-12-4-6-13(18)7-5-12/h4-7,11,14,18H,8-10,16H2,1-3H3/t14-/m1/s1. The van der Waals surface area contributed by atoms with E-state index in [0.29, 0.717) is 19.6 Å². The number of amides is 1. The van der Waals surface area contributed by atoms with Gasteiger partial charge >= 0.3 is 0 Å². The van der Waals surface area contributed by atoms with Gasteiger partial charge in [0, 0.05) is 13.6 Å². The monoisotopic (exact) mass is 280 g/mol. The topological polar surface area (TPSA) is 75.8 Å². The Morgan fingerprint density at radius 1 is 1.35 bits per heavy atom. The van der Waals surface area contributed by atoms with Gasteiger partial charge in [0.15, 0.2) is 0 Å². The number of benzene rings is 1. The molecule has 0 saturated heterocycles. The molecule has 0 fully saturated rings. The minimum atomic E-state index is -0.580. The summed E-state index contributed by atoms with van der Waals surface area (Å²) in [7, 11) is 1.72. The highest BCUT2D eigenvalue weighted by Crippen LogP contribution is 2.11. The molecular weight excluding hydrogens is 256 g/mol. The molecule has 0 radical (unpaired) electrons. The maximum absolute atomic E-state index is 12.1. The molecule has 0 aromatic heterocycles. The number of nitrogens with two attached hydrogens (primary N) is 1. The van der Waals surface area contributed by atoms with Gasteiger partial charge in [0.05, 0.1) is 18.8 Å². The van der Waals surface area contributed by atoms with Crippen LogP contribution in [-0.4, -0.2) is 48.3 Å². The average Bonchev–Trinajstić information content (AvgIpc) is 2.39. The summed E-state index contributed by atoms with van der Waals surface area (Å²) in [5.41, 5.74) is 6.85. The smallest absolute Gasteiger partial charge is 0.239 e. The molecule has 1 aromatic rings. The second kappa shape index (κ2) is 7.87. The first-order valence-corrected chi connectivity index (χ1v) is 6.80. The van der Waals surface area contributed by atoms with Gasteiger partial charge in [-0.05, 0) is 38.0 Å². The van der Waals surface area contributed by atoms with Gasteiger partial charge < -0.3 is 20.5 Å². The number of rotatable bonds is 7. The SMILES string of the molecule is CC(C)OCCN(C)C(=O)[C@H](N)Cc1ccc(O)cc1. The molecule has 1 atom stereocenters. The number of carbonyl (C=O) groups excluding carboxylic acids is 1. The maximum atomic E-state index is 12.1. The van der Waals surface area contributed by atoms with E-state index in [-0.39, 0.29) is 17.8 Å². The number of carbonyl (C=O) groups is 1. The lowest BCUT2D eigenvalue weighted by Gasteiger charge is -2.22. The van der Waals surface area contributed by atoms with Crippen LogP contribution in [0, 0.1) is 0 Å². The van der Waals surface area contributed by atoms with E-state index in [0.717, 1.165) is 5.56 Å². The molecule has 1 rings (SSSR count). The van der Waals surface area contributed by atoms with Gasteiger partial charge in [0.2, 0.25) is 5.91 Å². The van der Waals surface area contributed by atoms with Crippen LogP contribution in [0.25, 0.3) is 0 Å². The number of hydrogen-bond donors (Lipinski definition) is 2. The lowest BCUT2D eigenvalue weighted by Crippen LogP contribution is -2.44. The van der Waals surface area contributed by atoms with E-state index in [1.807, 2.05) is 13.8 Å². The summed E-state index contributed by atoms with van der Waals surface area (Å²) in [6, 6.07) is 6.14. The fourth-order valence-corrected chi connectivity index (χ4v) is 1.79. The van der Waals surface area contributed by atoms with Crippen molar-refractivity contribution in [1.82, 2.24) is 4.90 Å². The van der Waals surface area contributed by atoms with Gasteiger partial charge in [-0.3, -0.25) is 4.79 Å². The van der Waals surface area contributed by atoms with E-state index in [1.165, 1.54) is 0 Å². The molecular formula is C15H24N2O3. The summed E-state index contributed by atoms with van der Waals surface area (Å²) in [5.74, 6) is 0.0991. The molecule has 1 amide bonds. The fourth-order valence-electron chi connectivity index (χ4n) is 1.79. The molecule has 5 nitrogen and oxygen atoms in total. The van der Waals surface area contributed by atoms with E-state index < -0.39 is 6.04 Å². The second-order valence-electron chi connectivity index (χ2n) is 5.16. The Kier molecular flexibility index (Phi) is 6.48. The van der Waals surface area contributed by atoms with Crippen LogP contribution in [0.15, 0.2) is 24.3 Å². The van der Waals surface area contributed by atoms with Crippen LogP contribution in [-0.2, 0) is 16.0 Å². The molecule has 20 heavy (non-hydrogen) atoms. The van der Waals surface area contributed by atoms with E-state index in [1.54, 1.807) is 36.2 Å². The Morgan fingerprint density at radius 3 is 2.50 bits per heavy atom. The Morgan fingerprint density at radius 2 is 1.95 bits per heavy atom. The highest BCUT2D eigenvalue weighted by molar-refractivity contribution is 5.81. The van der Waals surface area contributed by atoms with Crippen molar-refractivity contribution in [2.24, 2.45) is 5.73 Å². The Balaban J connectivity index is 2.43. The van der Waals surface area contributed by atoms with E-state index in [4.69, 9.17) is 10.5 Å². The van der Waals surface area contributed by atoms with Gasteiger partial charge in [0.25, 0.3) is 0 Å². The fraction of sp³-hybridized carbons (Fsp3) is 0.533. The van der Waals surface area contributed by atoms with Crippen molar-refractivity contribution < 1.29 is 14.6 Å². The summed E-state index contributed by atoms with van der Waals surface area (Å²) in [6.07, 6.45) is 0.610. The van der Waals surface area contributed by atoms with Crippen molar-refractivity contribution in [2.45, 2.75) is 32.4 Å². The molecule has 0 bridgehead atoms. The highest BCUT2D eigenvalue weighted by atomic mass is 16.5. The number of hydrogen-bond acceptors (Lipinski definition) is 4. The van der Waals surface area contributed by atoms with Gasteiger partial charge in [-0.25, -0.2) is 0 Å². The molecule has 0 aliphatic heterocycles. The number of phenols is 1. The largest absolute Gasteiger partial charge is 0.508 e. The van der Waals surface area contributed by atoms with Crippen molar-refractivity contribution in [3.63, 3.8) is 0 Å². The molecule has 0 spiro atoms. The predicted octanol–water partition coefficient (Wildman–Crippen LogP) is 1.15. The lowest BCUT2D eigenvalue weighted by molar-refractivity contribution is -0.132. The first-order chi connectivity index (χ1) is 9.40. The number of ether oxygens (including phenoxy) is 1. The summed E-state index contributed by atoms with van der Waals surface area (Å²) in [6.45, 7) is 4.95. The number of nitrogens with zero attached hydrogens (tertiary/aromatic N) is 1. The third kappa shape index (κ3) is 5.59. The van der Waals surface area contributed by atoms with Gasteiger partial charge in [-0.1, -0.05) is 12.1 Å². The lowest BCUT2D eigenvalue weighted by atomic mass is 10.1. The third-order valence-electron chi connectivity index (χ3n) is 2.96. The van der Waals surface area contributed by atoms with Crippen LogP contribution >= 0.6 is 0 Å². The van der Waals surface area contributed by atoms with Crippen molar-refractivity contribution in [3.8, 4) is 5.75 Å². The van der Waals surface area contributed by atoms with Gasteiger partial charge in [-0.2, -0.15) is 0 Å². The van der Waals surface area contributed by atoms with Crippen LogP contribution in [0.5, 0.6) is 5.75 Å². The molecule has 1 aromatic carbocycles. The van der Waals surface area contributed by atoms with Crippen molar-refractivity contribution >= 4 is 5.91 Å². The van der Waals surface area contributed by atoms with Crippen LogP contribution in [0.4, 0.5) is 0 Å². The molecule has 112 valence electrons. The molecule has 5 heteroatoms. The first kappa shape index (κ1) is 16.5. The van der Waals surface area contributed by atoms with Crippen LogP contribution in [0.3, 0.4) is 0 Å². The van der Waals surface area contributed by atoms with Gasteiger partial charge in [-0.15, -0.1) is 0 Å². The average molecular weight is 280 g/mol. The maximum Gasteiger partial charge on any atom is 0.239 e. The van der Waals surface area contributed by atoms with Crippen molar-refractivity contribution in [1.29, 1.82) is 0 Å². The summed E-state index contributed by atoms with van der Waals surface area (Å²) in [4.78, 5) is 13.7. The van der Waals surface area contributed by atoms with Crippen LogP contribution in [0.1, 0.15) is 19.4 Å². The zero-order valence-electron chi connectivity index (χ0n) is 12.4. The quantitative estimate of drug-likeness (QED) is 0.785. The summed E-state index contributed by atoms with van der Waals surface area (Å²) < 4.78 is 5.41. The van der Waals surface area contributed by atoms with E-state index in [9.17, 15) is 9.90 Å². The zero-order chi connectivity index (χ0) is 15.1. The molecule has 0 aliphatic carbocycles. The molecule has 3 N–H and O–H groups in total. The van der Waals surface area contributed by atoms with E-state index in [2.05, 4.69) is 0 Å². The number of aromatic hydroxyl groups is 1. The van der Waals surface area contributed by atoms with Crippen molar-refractivity contribution in [2.75, 3.05) is 20.2 Å².